The SMILES string of the molecule is CCCCCCCCCCOCCCN=C=O. The maximum absolute atomic E-state index is 9.77. The third-order valence-electron chi connectivity index (χ3n) is 2.77. The highest BCUT2D eigenvalue weighted by Crippen LogP contribution is 2.08. The highest BCUT2D eigenvalue weighted by atomic mass is 16.5. The van der Waals surface area contributed by atoms with Crippen molar-refractivity contribution >= 4 is 6.08 Å². The zero-order valence-electron chi connectivity index (χ0n) is 11.2. The van der Waals surface area contributed by atoms with E-state index in [9.17, 15) is 4.79 Å². The Morgan fingerprint density at radius 1 is 0.882 bits per heavy atom. The number of carbonyl (C=O) groups excluding carboxylic acids is 1. The molecule has 3 nitrogen and oxygen atoms in total. The molecule has 100 valence electrons. The van der Waals surface area contributed by atoms with Gasteiger partial charge in [0, 0.05) is 13.2 Å². The Balaban J connectivity index is 2.91. The Kier molecular flexibility index (Phi) is 14.7. The lowest BCUT2D eigenvalue weighted by atomic mass is 10.1. The molecule has 0 saturated carbocycles. The number of unbranched alkanes of at least 4 members (excludes halogenated alkanes) is 7. The quantitative estimate of drug-likeness (QED) is 0.279. The minimum Gasteiger partial charge on any atom is -0.381 e. The van der Waals surface area contributed by atoms with Crippen LogP contribution in [-0.4, -0.2) is 25.8 Å². The maximum Gasteiger partial charge on any atom is 0.234 e. The minimum absolute atomic E-state index is 0.543. The van der Waals surface area contributed by atoms with Crippen LogP contribution in [0.2, 0.25) is 0 Å². The van der Waals surface area contributed by atoms with E-state index < -0.39 is 0 Å². The molecule has 0 unspecified atom stereocenters. The van der Waals surface area contributed by atoms with Crippen LogP contribution in [0.1, 0.15) is 64.7 Å². The second kappa shape index (κ2) is 15.3. The van der Waals surface area contributed by atoms with Crippen LogP contribution in [0.5, 0.6) is 0 Å². The summed E-state index contributed by atoms with van der Waals surface area (Å²) >= 11 is 0. The first-order valence-electron chi connectivity index (χ1n) is 7.03. The summed E-state index contributed by atoms with van der Waals surface area (Å²) in [5, 5.41) is 0. The minimum atomic E-state index is 0.543. The summed E-state index contributed by atoms with van der Waals surface area (Å²) in [4.78, 5) is 13.2. The van der Waals surface area contributed by atoms with Crippen molar-refractivity contribution in [2.45, 2.75) is 64.7 Å². The second-order valence-corrected chi connectivity index (χ2v) is 4.41. The van der Waals surface area contributed by atoms with E-state index in [1.165, 1.54) is 51.0 Å². The summed E-state index contributed by atoms with van der Waals surface area (Å²) in [6, 6.07) is 0. The molecule has 0 spiro atoms. The maximum atomic E-state index is 9.77. The zero-order valence-corrected chi connectivity index (χ0v) is 11.2. The lowest BCUT2D eigenvalue weighted by Gasteiger charge is -2.03. The van der Waals surface area contributed by atoms with Crippen molar-refractivity contribution in [3.05, 3.63) is 0 Å². The lowest BCUT2D eigenvalue weighted by molar-refractivity contribution is 0.129. The third kappa shape index (κ3) is 15.3. The van der Waals surface area contributed by atoms with Gasteiger partial charge in [-0.3, -0.25) is 0 Å². The standard InChI is InChI=1S/C14H27NO2/c1-2-3-4-5-6-7-8-9-12-17-13-10-11-15-14-16/h2-13H2,1H3. The average Bonchev–Trinajstić information content (AvgIpc) is 2.35. The summed E-state index contributed by atoms with van der Waals surface area (Å²) < 4.78 is 5.44. The highest BCUT2D eigenvalue weighted by molar-refractivity contribution is 5.32. The highest BCUT2D eigenvalue weighted by Gasteiger charge is 1.92. The molecule has 0 aliphatic rings. The van der Waals surface area contributed by atoms with E-state index >= 15 is 0 Å². The van der Waals surface area contributed by atoms with Crippen LogP contribution < -0.4 is 0 Å². The van der Waals surface area contributed by atoms with Crippen molar-refractivity contribution in [1.82, 2.24) is 0 Å². The molecule has 0 N–H and O–H groups in total. The molecule has 3 heteroatoms. The number of hydrogen-bond donors (Lipinski definition) is 0. The summed E-state index contributed by atoms with van der Waals surface area (Å²) in [7, 11) is 0. The number of rotatable bonds is 13. The molecule has 0 aliphatic carbocycles. The normalized spacial score (nSPS) is 10.2. The van der Waals surface area contributed by atoms with Gasteiger partial charge in [-0.2, -0.15) is 0 Å². The van der Waals surface area contributed by atoms with Crippen LogP contribution in [0, 0.1) is 0 Å². The number of nitrogens with zero attached hydrogens (tertiary/aromatic N) is 1. The molecule has 0 saturated heterocycles. The van der Waals surface area contributed by atoms with E-state index in [1.54, 1.807) is 0 Å². The van der Waals surface area contributed by atoms with E-state index in [-0.39, 0.29) is 0 Å². The van der Waals surface area contributed by atoms with Gasteiger partial charge in [-0.1, -0.05) is 51.9 Å². The van der Waals surface area contributed by atoms with E-state index in [2.05, 4.69) is 11.9 Å². The molecule has 0 amide bonds. The van der Waals surface area contributed by atoms with Crippen LogP contribution in [0.3, 0.4) is 0 Å². The van der Waals surface area contributed by atoms with Gasteiger partial charge in [0.15, 0.2) is 0 Å². The van der Waals surface area contributed by atoms with Gasteiger partial charge < -0.3 is 4.74 Å². The number of hydrogen-bond acceptors (Lipinski definition) is 3. The molecule has 0 heterocycles. The Hall–Kier alpha value is -0.660. The molecule has 0 atom stereocenters. The fourth-order valence-corrected chi connectivity index (χ4v) is 1.73. The molecule has 0 aromatic carbocycles. The molecule has 0 radical (unpaired) electrons. The van der Waals surface area contributed by atoms with Gasteiger partial charge in [-0.25, -0.2) is 9.79 Å². The van der Waals surface area contributed by atoms with Crippen LogP contribution in [0.25, 0.3) is 0 Å². The van der Waals surface area contributed by atoms with E-state index in [4.69, 9.17) is 4.74 Å². The number of isocyanates is 1. The number of ether oxygens (including phenoxy) is 1. The van der Waals surface area contributed by atoms with Gasteiger partial charge in [0.2, 0.25) is 6.08 Å². The first-order valence-corrected chi connectivity index (χ1v) is 7.03. The monoisotopic (exact) mass is 241 g/mol. The van der Waals surface area contributed by atoms with Crippen molar-refractivity contribution < 1.29 is 9.53 Å². The summed E-state index contributed by atoms with van der Waals surface area (Å²) in [6.07, 6.45) is 13.0. The van der Waals surface area contributed by atoms with Crippen molar-refractivity contribution in [1.29, 1.82) is 0 Å². The first kappa shape index (κ1) is 16.3. The molecule has 0 bridgehead atoms. The summed E-state index contributed by atoms with van der Waals surface area (Å²) in [6.45, 7) is 4.35. The van der Waals surface area contributed by atoms with Gasteiger partial charge in [-0.05, 0) is 12.8 Å². The molecule has 0 rings (SSSR count). The van der Waals surface area contributed by atoms with Crippen LogP contribution in [0.4, 0.5) is 0 Å². The van der Waals surface area contributed by atoms with Gasteiger partial charge in [-0.15, -0.1) is 0 Å². The predicted molar refractivity (Wildman–Crippen MR) is 71.0 cm³/mol. The average molecular weight is 241 g/mol. The fourth-order valence-electron chi connectivity index (χ4n) is 1.73. The Bertz CT molecular complexity index is 189. The van der Waals surface area contributed by atoms with Gasteiger partial charge in [0.1, 0.15) is 0 Å². The van der Waals surface area contributed by atoms with Crippen molar-refractivity contribution in [3.63, 3.8) is 0 Å². The van der Waals surface area contributed by atoms with Gasteiger partial charge in [0.25, 0.3) is 0 Å². The largest absolute Gasteiger partial charge is 0.381 e. The smallest absolute Gasteiger partial charge is 0.234 e. The molecular weight excluding hydrogens is 214 g/mol. The van der Waals surface area contributed by atoms with Crippen LogP contribution >= 0.6 is 0 Å². The molecule has 17 heavy (non-hydrogen) atoms. The molecule has 0 fully saturated rings. The van der Waals surface area contributed by atoms with Crippen molar-refractivity contribution in [3.8, 4) is 0 Å². The van der Waals surface area contributed by atoms with Crippen molar-refractivity contribution in [2.75, 3.05) is 19.8 Å². The molecule has 0 aromatic heterocycles. The van der Waals surface area contributed by atoms with Crippen molar-refractivity contribution in [2.24, 2.45) is 4.99 Å². The van der Waals surface area contributed by atoms with Crippen LogP contribution in [0.15, 0.2) is 4.99 Å². The Labute approximate surface area is 106 Å². The Morgan fingerprint density at radius 3 is 2.12 bits per heavy atom. The van der Waals surface area contributed by atoms with Crippen LogP contribution in [-0.2, 0) is 9.53 Å². The van der Waals surface area contributed by atoms with Gasteiger partial charge >= 0.3 is 0 Å². The predicted octanol–water partition coefficient (Wildman–Crippen LogP) is 3.87. The fraction of sp³-hybridized carbons (Fsp3) is 0.929. The third-order valence-corrected chi connectivity index (χ3v) is 2.77. The molecular formula is C14H27NO2. The topological polar surface area (TPSA) is 38.7 Å². The zero-order chi connectivity index (χ0) is 12.6. The lowest BCUT2D eigenvalue weighted by Crippen LogP contribution is -1.98. The van der Waals surface area contributed by atoms with E-state index in [1.807, 2.05) is 0 Å². The summed E-state index contributed by atoms with van der Waals surface area (Å²) in [5.41, 5.74) is 0. The number of aliphatic imine (C=N–C) groups is 1. The molecule has 0 aliphatic heterocycles. The van der Waals surface area contributed by atoms with Gasteiger partial charge in [0.05, 0.1) is 6.54 Å². The second-order valence-electron chi connectivity index (χ2n) is 4.41. The molecule has 0 aromatic rings. The first-order chi connectivity index (χ1) is 8.41. The Morgan fingerprint density at radius 2 is 1.47 bits per heavy atom. The van der Waals surface area contributed by atoms with E-state index in [0.29, 0.717) is 13.2 Å². The summed E-state index contributed by atoms with van der Waals surface area (Å²) in [5.74, 6) is 0. The van der Waals surface area contributed by atoms with E-state index in [0.717, 1.165) is 19.4 Å².